The lowest BCUT2D eigenvalue weighted by Gasteiger charge is -2.35. The molecule has 0 aromatic heterocycles. The van der Waals surface area contributed by atoms with Crippen LogP contribution in [0.4, 0.5) is 17.1 Å². The number of fused-ring (bicyclic) bond motifs is 14. The zero-order valence-corrected chi connectivity index (χ0v) is 36.5. The van der Waals surface area contributed by atoms with Gasteiger partial charge in [-0.3, -0.25) is 0 Å². The summed E-state index contributed by atoms with van der Waals surface area (Å²) >= 11 is 0. The van der Waals surface area contributed by atoms with E-state index in [-0.39, 0.29) is 5.41 Å². The molecule has 1 heteroatoms. The summed E-state index contributed by atoms with van der Waals surface area (Å²) < 4.78 is 0. The predicted octanol–water partition coefficient (Wildman–Crippen LogP) is 16.8. The van der Waals surface area contributed by atoms with Gasteiger partial charge in [0, 0.05) is 22.5 Å². The van der Waals surface area contributed by atoms with Gasteiger partial charge in [-0.25, -0.2) is 0 Å². The molecule has 0 atom stereocenters. The maximum absolute atomic E-state index is 2.52. The normalized spacial score (nSPS) is 13.9. The number of benzene rings is 10. The Morgan fingerprint density at radius 1 is 0.246 bits per heavy atom. The largest absolute Gasteiger partial charge is 0.310 e. The molecule has 10 aromatic rings. The molecule has 0 fully saturated rings. The van der Waals surface area contributed by atoms with Crippen LogP contribution in [0.3, 0.4) is 0 Å². The highest BCUT2D eigenvalue weighted by Crippen LogP contribution is 2.58. The van der Waals surface area contributed by atoms with E-state index in [1.807, 2.05) is 0 Å². The molecule has 0 radical (unpaired) electrons. The third-order valence-electron chi connectivity index (χ3n) is 14.7. The van der Waals surface area contributed by atoms with Crippen LogP contribution in [0.5, 0.6) is 0 Å². The second-order valence-electron chi connectivity index (χ2n) is 18.4. The maximum atomic E-state index is 2.52. The first-order valence-corrected chi connectivity index (χ1v) is 22.8. The second kappa shape index (κ2) is 14.3. The molecule has 13 rings (SSSR count). The highest BCUT2D eigenvalue weighted by atomic mass is 15.1. The molecule has 3 aliphatic carbocycles. The average Bonchev–Trinajstić information content (AvgIpc) is 3.79. The van der Waals surface area contributed by atoms with Crippen LogP contribution in [0.25, 0.3) is 66.8 Å². The van der Waals surface area contributed by atoms with Crippen LogP contribution in [0.15, 0.2) is 237 Å². The Balaban J connectivity index is 1.09. The van der Waals surface area contributed by atoms with Crippen molar-refractivity contribution >= 4 is 17.1 Å². The smallest absolute Gasteiger partial charge is 0.0714 e. The molecule has 0 N–H and O–H groups in total. The van der Waals surface area contributed by atoms with Crippen molar-refractivity contribution in [2.45, 2.75) is 24.7 Å². The molecule has 10 aromatic carbocycles. The molecule has 1 nitrogen and oxygen atoms in total. The van der Waals surface area contributed by atoms with E-state index in [1.165, 1.54) is 100 Å². The lowest BCUT2D eigenvalue weighted by atomic mass is 9.67. The SMILES string of the molecule is CC1(C)c2ccccc2-c2ccc(N(c3ccc4c(c3)-c3ccccc3-c3ccccc3-c3ccccc3-4)c3ccc4c(c3)C(c3ccccc3)(c3ccccc3)c3ccccc3-4)cc21. The van der Waals surface area contributed by atoms with Crippen LogP contribution in [0.2, 0.25) is 0 Å². The van der Waals surface area contributed by atoms with E-state index in [0.29, 0.717) is 0 Å². The lowest BCUT2D eigenvalue weighted by molar-refractivity contribution is 0.660. The molecule has 0 aliphatic heterocycles. The molecular weight excluding hydrogens is 783 g/mol. The second-order valence-corrected chi connectivity index (χ2v) is 18.4. The molecule has 0 heterocycles. The average molecular weight is 828 g/mol. The molecule has 0 spiro atoms. The van der Waals surface area contributed by atoms with Gasteiger partial charge in [0.25, 0.3) is 0 Å². The third kappa shape index (κ3) is 5.39. The minimum Gasteiger partial charge on any atom is -0.310 e. The summed E-state index contributed by atoms with van der Waals surface area (Å²) in [6.45, 7) is 4.76. The van der Waals surface area contributed by atoms with E-state index in [1.54, 1.807) is 0 Å². The number of hydrogen-bond acceptors (Lipinski definition) is 1. The summed E-state index contributed by atoms with van der Waals surface area (Å²) in [6.07, 6.45) is 0. The van der Waals surface area contributed by atoms with Gasteiger partial charge in [-0.1, -0.05) is 214 Å². The highest BCUT2D eigenvalue weighted by molar-refractivity contribution is 6.04. The van der Waals surface area contributed by atoms with Gasteiger partial charge in [0.1, 0.15) is 0 Å². The summed E-state index contributed by atoms with van der Waals surface area (Å²) in [7, 11) is 0. The van der Waals surface area contributed by atoms with E-state index >= 15 is 0 Å². The first kappa shape index (κ1) is 37.5. The topological polar surface area (TPSA) is 3.24 Å². The maximum Gasteiger partial charge on any atom is 0.0714 e. The Bertz CT molecular complexity index is 3480. The van der Waals surface area contributed by atoms with Crippen LogP contribution in [-0.4, -0.2) is 0 Å². The molecular formula is C64H45N. The number of rotatable bonds is 5. The summed E-state index contributed by atoms with van der Waals surface area (Å²) in [5.41, 5.74) is 25.6. The fourth-order valence-electron chi connectivity index (χ4n) is 11.8. The van der Waals surface area contributed by atoms with Crippen molar-refractivity contribution < 1.29 is 0 Å². The number of anilines is 3. The molecule has 0 saturated carbocycles. The summed E-state index contributed by atoms with van der Waals surface area (Å²) in [5.74, 6) is 0. The fraction of sp³-hybridized carbons (Fsp3) is 0.0625. The molecule has 0 amide bonds. The fourth-order valence-corrected chi connectivity index (χ4v) is 11.8. The monoisotopic (exact) mass is 827 g/mol. The van der Waals surface area contributed by atoms with Crippen LogP contribution in [-0.2, 0) is 10.8 Å². The van der Waals surface area contributed by atoms with Gasteiger partial charge in [-0.2, -0.15) is 0 Å². The number of hydrogen-bond donors (Lipinski definition) is 0. The Hall–Kier alpha value is -8.00. The Morgan fingerprint density at radius 3 is 1.08 bits per heavy atom. The Kier molecular flexibility index (Phi) is 8.24. The quantitative estimate of drug-likeness (QED) is 0.167. The van der Waals surface area contributed by atoms with E-state index in [9.17, 15) is 0 Å². The van der Waals surface area contributed by atoms with Crippen molar-refractivity contribution in [3.63, 3.8) is 0 Å². The molecule has 65 heavy (non-hydrogen) atoms. The van der Waals surface area contributed by atoms with Gasteiger partial charge in [0.05, 0.1) is 5.41 Å². The zero-order chi connectivity index (χ0) is 43.3. The van der Waals surface area contributed by atoms with E-state index < -0.39 is 5.41 Å². The predicted molar refractivity (Wildman–Crippen MR) is 271 cm³/mol. The van der Waals surface area contributed by atoms with Gasteiger partial charge in [-0.15, -0.1) is 0 Å². The third-order valence-corrected chi connectivity index (χ3v) is 14.7. The molecule has 3 aliphatic rings. The van der Waals surface area contributed by atoms with E-state index in [2.05, 4.69) is 255 Å². The Labute approximate surface area is 381 Å². The minimum atomic E-state index is -0.528. The minimum absolute atomic E-state index is 0.162. The van der Waals surface area contributed by atoms with E-state index in [4.69, 9.17) is 0 Å². The van der Waals surface area contributed by atoms with Gasteiger partial charge < -0.3 is 4.90 Å². The van der Waals surface area contributed by atoms with Crippen molar-refractivity contribution in [1.82, 2.24) is 0 Å². The number of nitrogens with zero attached hydrogens (tertiary/aromatic N) is 1. The zero-order valence-electron chi connectivity index (χ0n) is 36.5. The lowest BCUT2D eigenvalue weighted by Crippen LogP contribution is -2.28. The molecule has 0 unspecified atom stereocenters. The van der Waals surface area contributed by atoms with Crippen molar-refractivity contribution in [1.29, 1.82) is 0 Å². The van der Waals surface area contributed by atoms with Gasteiger partial charge in [-0.05, 0) is 137 Å². The van der Waals surface area contributed by atoms with E-state index in [0.717, 1.165) is 17.1 Å². The van der Waals surface area contributed by atoms with Gasteiger partial charge >= 0.3 is 0 Å². The molecule has 0 saturated heterocycles. The van der Waals surface area contributed by atoms with Crippen LogP contribution < -0.4 is 4.90 Å². The van der Waals surface area contributed by atoms with Crippen LogP contribution in [0, 0.1) is 0 Å². The molecule has 306 valence electrons. The summed E-state index contributed by atoms with van der Waals surface area (Å²) in [4.78, 5) is 2.52. The van der Waals surface area contributed by atoms with Crippen molar-refractivity contribution in [2.75, 3.05) is 4.90 Å². The van der Waals surface area contributed by atoms with Crippen LogP contribution >= 0.6 is 0 Å². The standard InChI is InChI=1S/C64H45N/c1-63(2)59-31-17-15-29-54(59)56-37-34-45(40-61(56)63)65(44-33-36-53-51-27-12-11-25-49(51)47-23-9-10-24-48(47)50-26-13-14-28-52(50)58(53)39-44)46-35-38-57-55-30-16-18-32-60(55)64(62(57)41-46,42-19-5-3-6-20-42)43-21-7-4-8-22-43/h3-41H,1-2H3. The molecule has 0 bridgehead atoms. The van der Waals surface area contributed by atoms with Gasteiger partial charge in [0.2, 0.25) is 0 Å². The first-order chi connectivity index (χ1) is 32.0. The summed E-state index contributed by atoms with van der Waals surface area (Å²) in [6, 6.07) is 88.6. The van der Waals surface area contributed by atoms with Crippen molar-refractivity contribution in [3.8, 4) is 66.8 Å². The highest BCUT2D eigenvalue weighted by Gasteiger charge is 2.46. The van der Waals surface area contributed by atoms with Crippen LogP contribution in [0.1, 0.15) is 47.2 Å². The van der Waals surface area contributed by atoms with Crippen molar-refractivity contribution in [3.05, 3.63) is 270 Å². The Morgan fingerprint density at radius 2 is 0.569 bits per heavy atom. The van der Waals surface area contributed by atoms with Crippen molar-refractivity contribution in [2.24, 2.45) is 0 Å². The first-order valence-electron chi connectivity index (χ1n) is 22.8. The summed E-state index contributed by atoms with van der Waals surface area (Å²) in [5, 5.41) is 0. The van der Waals surface area contributed by atoms with Gasteiger partial charge in [0.15, 0.2) is 0 Å².